The number of hydrogen-bond donors (Lipinski definition) is 0. The standard InChI is InChI=1S/C30H37FN2O3Si/c1-17(2)37(18(3)4,19(5)6)36-29-27-25(16-33(8)30(27)35)26(20(7)34)24-14-22(15-32-28(24)29)13-21-9-11-23(31)12-10-21/h9-12,14-15,17-19H,13,16H2,1-8H3. The number of aromatic nitrogens is 1. The molecule has 0 bridgehead atoms. The summed E-state index contributed by atoms with van der Waals surface area (Å²) in [6.07, 6.45) is 2.33. The number of rotatable bonds is 8. The Hall–Kier alpha value is -3.06. The van der Waals surface area contributed by atoms with E-state index in [9.17, 15) is 14.0 Å². The van der Waals surface area contributed by atoms with Crippen molar-refractivity contribution in [3.05, 3.63) is 70.2 Å². The van der Waals surface area contributed by atoms with E-state index in [0.717, 1.165) is 16.7 Å². The van der Waals surface area contributed by atoms with Gasteiger partial charge in [-0.05, 0) is 64.9 Å². The maximum Gasteiger partial charge on any atom is 0.258 e. The van der Waals surface area contributed by atoms with E-state index in [1.165, 1.54) is 12.1 Å². The van der Waals surface area contributed by atoms with Gasteiger partial charge in [-0.1, -0.05) is 53.7 Å². The van der Waals surface area contributed by atoms with Gasteiger partial charge in [0.25, 0.3) is 14.2 Å². The van der Waals surface area contributed by atoms with Crippen LogP contribution in [0.2, 0.25) is 16.6 Å². The number of ketones is 1. The molecular weight excluding hydrogens is 483 g/mol. The minimum Gasteiger partial charge on any atom is -0.541 e. The van der Waals surface area contributed by atoms with E-state index in [4.69, 9.17) is 9.41 Å². The first-order valence-electron chi connectivity index (χ1n) is 13.1. The molecule has 0 spiro atoms. The lowest BCUT2D eigenvalue weighted by Gasteiger charge is -2.42. The van der Waals surface area contributed by atoms with Crippen LogP contribution in [-0.2, 0) is 13.0 Å². The van der Waals surface area contributed by atoms with Gasteiger partial charge in [0.2, 0.25) is 0 Å². The van der Waals surface area contributed by atoms with E-state index >= 15 is 0 Å². The fraction of sp³-hybridized carbons (Fsp3) is 0.433. The first kappa shape index (κ1) is 27.0. The average molecular weight is 521 g/mol. The second-order valence-corrected chi connectivity index (χ2v) is 16.6. The summed E-state index contributed by atoms with van der Waals surface area (Å²) in [7, 11) is -0.680. The van der Waals surface area contributed by atoms with Crippen LogP contribution in [0.3, 0.4) is 0 Å². The minimum atomic E-state index is -2.44. The smallest absolute Gasteiger partial charge is 0.258 e. The van der Waals surface area contributed by atoms with Gasteiger partial charge in [-0.15, -0.1) is 0 Å². The lowest BCUT2D eigenvalue weighted by molar-refractivity contribution is 0.0814. The second kappa shape index (κ2) is 10.0. The van der Waals surface area contributed by atoms with Gasteiger partial charge in [0.1, 0.15) is 17.1 Å². The van der Waals surface area contributed by atoms with Crippen molar-refractivity contribution in [2.75, 3.05) is 7.05 Å². The number of hydrogen-bond acceptors (Lipinski definition) is 4. The van der Waals surface area contributed by atoms with Crippen molar-refractivity contribution in [2.24, 2.45) is 0 Å². The second-order valence-electron chi connectivity index (χ2n) is 11.2. The van der Waals surface area contributed by atoms with E-state index in [1.54, 1.807) is 37.2 Å². The molecule has 0 aliphatic carbocycles. The summed E-state index contributed by atoms with van der Waals surface area (Å²) in [6, 6.07) is 8.38. The van der Waals surface area contributed by atoms with Crippen LogP contribution in [0, 0.1) is 5.82 Å². The third kappa shape index (κ3) is 4.58. The van der Waals surface area contributed by atoms with Crippen LogP contribution in [0.25, 0.3) is 10.9 Å². The van der Waals surface area contributed by atoms with E-state index in [-0.39, 0.29) is 17.5 Å². The molecule has 0 atom stereocenters. The zero-order valence-electron chi connectivity index (χ0n) is 23.1. The molecule has 0 saturated carbocycles. The average Bonchev–Trinajstić information content (AvgIpc) is 3.10. The summed E-state index contributed by atoms with van der Waals surface area (Å²) in [5.74, 6) is 0.0152. The molecule has 196 valence electrons. The molecule has 0 saturated heterocycles. The molecule has 7 heteroatoms. The third-order valence-electron chi connectivity index (χ3n) is 7.87. The number of fused-ring (bicyclic) bond motifs is 2. The molecule has 4 rings (SSSR count). The number of nitrogens with zero attached hydrogens (tertiary/aromatic N) is 2. The Labute approximate surface area is 220 Å². The largest absolute Gasteiger partial charge is 0.541 e. The van der Waals surface area contributed by atoms with Crippen molar-refractivity contribution in [1.82, 2.24) is 9.88 Å². The predicted octanol–water partition coefficient (Wildman–Crippen LogP) is 7.31. The first-order chi connectivity index (χ1) is 17.4. The molecule has 0 fully saturated rings. The van der Waals surface area contributed by atoms with Gasteiger partial charge < -0.3 is 9.33 Å². The molecule has 0 N–H and O–H groups in total. The highest BCUT2D eigenvalue weighted by molar-refractivity contribution is 6.78. The monoisotopic (exact) mass is 520 g/mol. The van der Waals surface area contributed by atoms with Crippen molar-refractivity contribution in [1.29, 1.82) is 0 Å². The van der Waals surface area contributed by atoms with Crippen molar-refractivity contribution < 1.29 is 18.4 Å². The zero-order valence-corrected chi connectivity index (χ0v) is 24.1. The summed E-state index contributed by atoms with van der Waals surface area (Å²) in [5.41, 5.74) is 5.08. The van der Waals surface area contributed by atoms with Gasteiger partial charge in [0, 0.05) is 30.7 Å². The normalized spacial score (nSPS) is 13.8. The number of halogens is 1. The Kier molecular flexibility index (Phi) is 7.30. The molecule has 0 unspecified atom stereocenters. The summed E-state index contributed by atoms with van der Waals surface area (Å²) < 4.78 is 20.6. The van der Waals surface area contributed by atoms with Crippen LogP contribution in [0.1, 0.15) is 85.9 Å². The van der Waals surface area contributed by atoms with Crippen molar-refractivity contribution in [3.63, 3.8) is 0 Å². The van der Waals surface area contributed by atoms with E-state index in [0.29, 0.717) is 57.4 Å². The lowest BCUT2D eigenvalue weighted by Crippen LogP contribution is -2.51. The number of amides is 1. The van der Waals surface area contributed by atoms with Gasteiger partial charge in [0.15, 0.2) is 5.78 Å². The number of carbonyl (C=O) groups excluding carboxylic acids is 2. The Morgan fingerprint density at radius 3 is 2.19 bits per heavy atom. The Morgan fingerprint density at radius 2 is 1.65 bits per heavy atom. The van der Waals surface area contributed by atoms with Crippen LogP contribution in [0.15, 0.2) is 36.5 Å². The van der Waals surface area contributed by atoms with Gasteiger partial charge in [0.05, 0.1) is 5.56 Å². The predicted molar refractivity (Wildman–Crippen MR) is 148 cm³/mol. The van der Waals surface area contributed by atoms with Crippen LogP contribution in [0.4, 0.5) is 4.39 Å². The van der Waals surface area contributed by atoms with Crippen LogP contribution in [0.5, 0.6) is 5.75 Å². The molecular formula is C30H37FN2O3Si. The number of benzene rings is 2. The highest BCUT2D eigenvalue weighted by Gasteiger charge is 2.49. The first-order valence-corrected chi connectivity index (χ1v) is 15.2. The maximum absolute atomic E-state index is 13.5. The van der Waals surface area contributed by atoms with Crippen LogP contribution >= 0.6 is 0 Å². The molecule has 1 amide bonds. The Morgan fingerprint density at radius 1 is 1.05 bits per heavy atom. The molecule has 5 nitrogen and oxygen atoms in total. The molecule has 2 aromatic carbocycles. The van der Waals surface area contributed by atoms with Crippen molar-refractivity contribution in [3.8, 4) is 5.75 Å². The molecule has 1 aliphatic rings. The third-order valence-corrected chi connectivity index (χ3v) is 13.8. The molecule has 37 heavy (non-hydrogen) atoms. The Balaban J connectivity index is 2.00. The fourth-order valence-corrected chi connectivity index (χ4v) is 11.5. The topological polar surface area (TPSA) is 59.5 Å². The van der Waals surface area contributed by atoms with E-state index in [1.807, 2.05) is 6.07 Å². The van der Waals surface area contributed by atoms with Gasteiger partial charge >= 0.3 is 0 Å². The van der Waals surface area contributed by atoms with E-state index in [2.05, 4.69) is 41.5 Å². The van der Waals surface area contributed by atoms with Crippen molar-refractivity contribution >= 4 is 30.9 Å². The fourth-order valence-electron chi connectivity index (χ4n) is 6.27. The summed E-state index contributed by atoms with van der Waals surface area (Å²) in [5, 5.41) is 0.711. The number of carbonyl (C=O) groups is 2. The molecule has 2 heterocycles. The van der Waals surface area contributed by atoms with Gasteiger partial charge in [-0.3, -0.25) is 14.6 Å². The number of Topliss-reactive ketones (excluding diaryl/α,β-unsaturated/α-hetero) is 1. The lowest BCUT2D eigenvalue weighted by atomic mass is 9.93. The summed E-state index contributed by atoms with van der Waals surface area (Å²) >= 11 is 0. The summed E-state index contributed by atoms with van der Waals surface area (Å²) in [6.45, 7) is 15.2. The zero-order chi connectivity index (χ0) is 27.2. The number of pyridine rings is 1. The van der Waals surface area contributed by atoms with Gasteiger partial charge in [-0.2, -0.15) is 0 Å². The van der Waals surface area contributed by atoms with Crippen molar-refractivity contribution in [2.45, 2.75) is 78.1 Å². The highest BCUT2D eigenvalue weighted by Crippen LogP contribution is 2.47. The van der Waals surface area contributed by atoms with Gasteiger partial charge in [-0.25, -0.2) is 4.39 Å². The Bertz CT molecular complexity index is 1340. The molecule has 0 radical (unpaired) electrons. The molecule has 1 aliphatic heterocycles. The molecule has 1 aromatic heterocycles. The summed E-state index contributed by atoms with van der Waals surface area (Å²) in [4.78, 5) is 33.0. The van der Waals surface area contributed by atoms with E-state index < -0.39 is 8.32 Å². The maximum atomic E-state index is 13.5. The van der Waals surface area contributed by atoms with Crippen LogP contribution < -0.4 is 4.43 Å². The minimum absolute atomic E-state index is 0.100. The van der Waals surface area contributed by atoms with Crippen LogP contribution in [-0.4, -0.2) is 36.9 Å². The quantitative estimate of drug-likeness (QED) is 0.231. The highest BCUT2D eigenvalue weighted by atomic mass is 28.4. The SMILES string of the molecule is CC(=O)c1c2c(c(O[Si](C(C)C)(C(C)C)C(C)C)c3ncc(Cc4ccc(F)cc4)cc13)C(=O)N(C)C2. The molecule has 3 aromatic rings.